The van der Waals surface area contributed by atoms with Crippen LogP contribution < -0.4 is 25.3 Å². The number of benzene rings is 2. The number of carbonyl (C=O) groups excluding carboxylic acids is 1. The molecule has 0 spiro atoms. The van der Waals surface area contributed by atoms with Crippen LogP contribution in [0.5, 0.6) is 17.2 Å². The molecule has 39 heavy (non-hydrogen) atoms. The Hall–Kier alpha value is -2.86. The van der Waals surface area contributed by atoms with E-state index in [0.29, 0.717) is 56.9 Å². The molecule has 2 aromatic carbocycles. The molecular formula is C28H41N3O7S. The topological polar surface area (TPSA) is 129 Å². The van der Waals surface area contributed by atoms with Gasteiger partial charge in [-0.3, -0.25) is 4.79 Å². The van der Waals surface area contributed by atoms with Gasteiger partial charge in [0.25, 0.3) is 0 Å². The van der Waals surface area contributed by atoms with Gasteiger partial charge in [-0.25, -0.2) is 12.7 Å². The van der Waals surface area contributed by atoms with Gasteiger partial charge in [-0.05, 0) is 54.7 Å². The van der Waals surface area contributed by atoms with E-state index in [2.05, 4.69) is 5.32 Å². The highest BCUT2D eigenvalue weighted by atomic mass is 32.2. The maximum Gasteiger partial charge on any atom is 0.307 e. The van der Waals surface area contributed by atoms with Crippen molar-refractivity contribution >= 4 is 16.0 Å². The van der Waals surface area contributed by atoms with E-state index in [1.807, 2.05) is 56.3 Å². The molecule has 1 aliphatic heterocycles. The molecule has 0 bridgehead atoms. The van der Waals surface area contributed by atoms with E-state index in [0.717, 1.165) is 16.9 Å². The first-order chi connectivity index (χ1) is 18.7. The Morgan fingerprint density at radius 1 is 1.08 bits per heavy atom. The molecule has 1 aliphatic rings. The van der Waals surface area contributed by atoms with Crippen LogP contribution in [-0.4, -0.2) is 70.1 Å². The maximum absolute atomic E-state index is 12.8. The molecule has 0 aliphatic carbocycles. The van der Waals surface area contributed by atoms with E-state index in [1.54, 1.807) is 7.11 Å². The number of sulfonamides is 1. The lowest BCUT2D eigenvalue weighted by molar-refractivity contribution is -0.149. The van der Waals surface area contributed by atoms with Gasteiger partial charge >= 0.3 is 5.97 Å². The summed E-state index contributed by atoms with van der Waals surface area (Å²) in [4.78, 5) is 12.8. The molecule has 0 radical (unpaired) electrons. The van der Waals surface area contributed by atoms with Gasteiger partial charge in [-0.15, -0.1) is 0 Å². The highest BCUT2D eigenvalue weighted by Gasteiger charge is 2.26. The fraction of sp³-hybridized carbons (Fsp3) is 0.536. The zero-order valence-corrected chi connectivity index (χ0v) is 23.9. The number of fused-ring (bicyclic) bond motifs is 1. The van der Waals surface area contributed by atoms with E-state index in [9.17, 15) is 13.2 Å². The van der Waals surface area contributed by atoms with E-state index in [4.69, 9.17) is 24.7 Å². The van der Waals surface area contributed by atoms with Crippen LogP contribution in [-0.2, 0) is 32.5 Å². The van der Waals surface area contributed by atoms with Gasteiger partial charge in [0.1, 0.15) is 11.9 Å². The monoisotopic (exact) mass is 563 g/mol. The normalized spacial score (nSPS) is 14.3. The molecule has 1 heterocycles. The third-order valence-corrected chi connectivity index (χ3v) is 8.25. The molecule has 10 nitrogen and oxygen atoms in total. The minimum absolute atomic E-state index is 0.177. The Kier molecular flexibility index (Phi) is 11.9. The first-order valence-corrected chi connectivity index (χ1v) is 15.0. The van der Waals surface area contributed by atoms with Crippen molar-refractivity contribution in [2.75, 3.05) is 39.3 Å². The van der Waals surface area contributed by atoms with Crippen molar-refractivity contribution < 1.29 is 32.2 Å². The molecule has 11 heteroatoms. The summed E-state index contributed by atoms with van der Waals surface area (Å²) in [5.41, 5.74) is 8.46. The Balaban J connectivity index is 1.64. The first-order valence-electron chi connectivity index (χ1n) is 13.4. The van der Waals surface area contributed by atoms with Crippen molar-refractivity contribution in [2.24, 2.45) is 5.73 Å². The number of nitrogens with one attached hydrogen (secondary N) is 1. The standard InChI is InChI=1S/C28H41N3O7S/c1-4-12-31(13-5-2)39(33,34)14-11-28(32)38-27(19-30-18-22-7-6-8-23(15-22)35-3)24(29)16-21-9-10-25-26(17-21)37-20-36-25/h6-10,15,17,24,27,30H,4-5,11-14,16,18-20,29H2,1-3H3/t24-,27+/m0/s1. The van der Waals surface area contributed by atoms with Crippen molar-refractivity contribution in [3.05, 3.63) is 53.6 Å². The van der Waals surface area contributed by atoms with Crippen molar-refractivity contribution in [3.63, 3.8) is 0 Å². The number of hydrogen-bond acceptors (Lipinski definition) is 9. The molecule has 0 saturated carbocycles. The van der Waals surface area contributed by atoms with Crippen LogP contribution in [0.3, 0.4) is 0 Å². The zero-order valence-electron chi connectivity index (χ0n) is 23.1. The Morgan fingerprint density at radius 2 is 1.82 bits per heavy atom. The summed E-state index contributed by atoms with van der Waals surface area (Å²) in [6.07, 6.45) is 0.918. The number of carbonyl (C=O) groups is 1. The molecule has 0 saturated heterocycles. The summed E-state index contributed by atoms with van der Waals surface area (Å²) in [6.45, 7) is 5.70. The lowest BCUT2D eigenvalue weighted by atomic mass is 10.0. The van der Waals surface area contributed by atoms with Crippen molar-refractivity contribution in [3.8, 4) is 17.2 Å². The minimum atomic E-state index is -3.56. The van der Waals surface area contributed by atoms with Crippen LogP contribution in [0, 0.1) is 0 Å². The highest BCUT2D eigenvalue weighted by Crippen LogP contribution is 2.32. The van der Waals surface area contributed by atoms with Crippen molar-refractivity contribution in [1.29, 1.82) is 0 Å². The second-order valence-electron chi connectivity index (χ2n) is 9.53. The molecule has 0 aromatic heterocycles. The number of ether oxygens (including phenoxy) is 4. The van der Waals surface area contributed by atoms with Crippen LogP contribution >= 0.6 is 0 Å². The summed E-state index contributed by atoms with van der Waals surface area (Å²) < 4.78 is 48.9. The highest BCUT2D eigenvalue weighted by molar-refractivity contribution is 7.89. The average Bonchev–Trinajstić information content (AvgIpc) is 3.39. The molecule has 0 unspecified atom stereocenters. The Labute approximate surface area is 231 Å². The van der Waals surface area contributed by atoms with Crippen LogP contribution in [0.1, 0.15) is 44.2 Å². The third kappa shape index (κ3) is 9.38. The fourth-order valence-corrected chi connectivity index (χ4v) is 5.96. The molecule has 3 rings (SSSR count). The summed E-state index contributed by atoms with van der Waals surface area (Å²) in [5, 5.41) is 3.31. The van der Waals surface area contributed by atoms with Crippen LogP contribution in [0.15, 0.2) is 42.5 Å². The van der Waals surface area contributed by atoms with Crippen LogP contribution in [0.2, 0.25) is 0 Å². The maximum atomic E-state index is 12.8. The SMILES string of the molecule is CCCN(CCC)S(=O)(=O)CCC(=O)O[C@H](CNCc1cccc(OC)c1)[C@@H](N)Cc1ccc2c(c1)OCO2. The molecule has 216 valence electrons. The van der Waals surface area contributed by atoms with Gasteiger partial charge in [0.2, 0.25) is 16.8 Å². The van der Waals surface area contributed by atoms with Gasteiger partial charge in [-0.2, -0.15) is 0 Å². The molecule has 3 N–H and O–H groups in total. The second kappa shape index (κ2) is 15.1. The number of rotatable bonds is 17. The fourth-order valence-electron chi connectivity index (χ4n) is 4.35. The molecule has 0 fully saturated rings. The van der Waals surface area contributed by atoms with E-state index in [1.165, 1.54) is 4.31 Å². The van der Waals surface area contributed by atoms with Gasteiger partial charge in [0, 0.05) is 32.2 Å². The van der Waals surface area contributed by atoms with Gasteiger partial charge < -0.3 is 30.0 Å². The Morgan fingerprint density at radius 3 is 2.54 bits per heavy atom. The number of esters is 1. The summed E-state index contributed by atoms with van der Waals surface area (Å²) >= 11 is 0. The summed E-state index contributed by atoms with van der Waals surface area (Å²) in [7, 11) is -1.95. The molecule has 0 amide bonds. The lowest BCUT2D eigenvalue weighted by Crippen LogP contribution is -2.46. The van der Waals surface area contributed by atoms with Gasteiger partial charge in [-0.1, -0.05) is 32.0 Å². The van der Waals surface area contributed by atoms with Crippen molar-refractivity contribution in [1.82, 2.24) is 9.62 Å². The third-order valence-electron chi connectivity index (χ3n) is 6.38. The lowest BCUT2D eigenvalue weighted by Gasteiger charge is -2.25. The summed E-state index contributed by atoms with van der Waals surface area (Å²) in [6, 6.07) is 12.7. The molecular weight excluding hydrogens is 522 g/mol. The van der Waals surface area contributed by atoms with Gasteiger partial charge in [0.15, 0.2) is 11.5 Å². The number of nitrogens with zero attached hydrogens (tertiary/aromatic N) is 1. The first kappa shape index (κ1) is 30.7. The van der Waals surface area contributed by atoms with Gasteiger partial charge in [0.05, 0.1) is 19.3 Å². The largest absolute Gasteiger partial charge is 0.497 e. The number of nitrogens with two attached hydrogens (primary N) is 1. The number of methoxy groups -OCH3 is 1. The van der Waals surface area contributed by atoms with E-state index >= 15 is 0 Å². The van der Waals surface area contributed by atoms with Crippen LogP contribution in [0.25, 0.3) is 0 Å². The van der Waals surface area contributed by atoms with Crippen LogP contribution in [0.4, 0.5) is 0 Å². The van der Waals surface area contributed by atoms with E-state index < -0.39 is 28.1 Å². The molecule has 2 atom stereocenters. The van der Waals surface area contributed by atoms with Crippen molar-refractivity contribution in [2.45, 2.75) is 58.2 Å². The minimum Gasteiger partial charge on any atom is -0.497 e. The number of hydrogen-bond donors (Lipinski definition) is 2. The average molecular weight is 564 g/mol. The smallest absolute Gasteiger partial charge is 0.307 e. The Bertz CT molecular complexity index is 1170. The summed E-state index contributed by atoms with van der Waals surface area (Å²) in [5.74, 6) is 1.18. The predicted molar refractivity (Wildman–Crippen MR) is 149 cm³/mol. The quantitative estimate of drug-likeness (QED) is 0.279. The second-order valence-corrected chi connectivity index (χ2v) is 11.6. The zero-order chi connectivity index (χ0) is 28.3. The predicted octanol–water partition coefficient (Wildman–Crippen LogP) is 2.84. The van der Waals surface area contributed by atoms with E-state index in [-0.39, 0.29) is 19.0 Å². The molecule has 2 aromatic rings.